The topological polar surface area (TPSA) is 33.1 Å². The Balaban J connectivity index is 2.10. The smallest absolute Gasteiger partial charge is 0.0932 e. The fraction of sp³-hybridized carbons (Fsp3) is 0.235. The molecule has 0 bridgehead atoms. The molecule has 0 fully saturated rings. The van der Waals surface area contributed by atoms with Gasteiger partial charge in [0.2, 0.25) is 0 Å². The first-order valence-corrected chi connectivity index (χ1v) is 6.73. The monoisotopic (exact) mass is 251 g/mol. The van der Waals surface area contributed by atoms with Crippen molar-refractivity contribution in [1.82, 2.24) is 4.98 Å². The maximum absolute atomic E-state index is 9.66. The molecule has 2 nitrogen and oxygen atoms in total. The van der Waals surface area contributed by atoms with Gasteiger partial charge in [-0.3, -0.25) is 4.98 Å². The summed E-state index contributed by atoms with van der Waals surface area (Å²) in [6, 6.07) is 10.5. The highest BCUT2D eigenvalue weighted by Gasteiger charge is 2.16. The van der Waals surface area contributed by atoms with Gasteiger partial charge >= 0.3 is 0 Å². The number of hydrogen-bond acceptors (Lipinski definition) is 2. The number of aromatic nitrogens is 1. The van der Waals surface area contributed by atoms with Gasteiger partial charge in [-0.05, 0) is 23.9 Å². The number of rotatable bonds is 2. The Hall–Kier alpha value is -2.09. The SMILES string of the molecule is CCc1nc(C2C=CC=C(O)C2)cc2ccccc12. The number of aliphatic hydroxyl groups is 1. The number of benzene rings is 1. The Morgan fingerprint density at radius 2 is 2.16 bits per heavy atom. The summed E-state index contributed by atoms with van der Waals surface area (Å²) < 4.78 is 0. The molecule has 1 aromatic heterocycles. The van der Waals surface area contributed by atoms with Gasteiger partial charge < -0.3 is 5.11 Å². The molecule has 19 heavy (non-hydrogen) atoms. The summed E-state index contributed by atoms with van der Waals surface area (Å²) in [6.45, 7) is 2.13. The lowest BCUT2D eigenvalue weighted by atomic mass is 9.93. The van der Waals surface area contributed by atoms with E-state index in [0.29, 0.717) is 12.2 Å². The molecule has 2 aromatic rings. The van der Waals surface area contributed by atoms with E-state index < -0.39 is 0 Å². The molecule has 2 heteroatoms. The van der Waals surface area contributed by atoms with Crippen molar-refractivity contribution < 1.29 is 5.11 Å². The summed E-state index contributed by atoms with van der Waals surface area (Å²) in [5.74, 6) is 0.611. The van der Waals surface area contributed by atoms with E-state index >= 15 is 0 Å². The Morgan fingerprint density at radius 3 is 2.95 bits per heavy atom. The van der Waals surface area contributed by atoms with Crippen molar-refractivity contribution in [3.05, 3.63) is 65.7 Å². The van der Waals surface area contributed by atoms with Gasteiger partial charge in [0, 0.05) is 29.1 Å². The molecule has 3 rings (SSSR count). The Kier molecular flexibility index (Phi) is 3.08. The summed E-state index contributed by atoms with van der Waals surface area (Å²) >= 11 is 0. The first-order valence-electron chi connectivity index (χ1n) is 6.73. The fourth-order valence-electron chi connectivity index (χ4n) is 2.62. The number of hydrogen-bond donors (Lipinski definition) is 1. The van der Waals surface area contributed by atoms with Crippen molar-refractivity contribution in [3.63, 3.8) is 0 Å². The van der Waals surface area contributed by atoms with E-state index in [0.717, 1.165) is 17.8 Å². The molecule has 0 saturated carbocycles. The van der Waals surface area contributed by atoms with Crippen LogP contribution in [0.15, 0.2) is 54.3 Å². The normalized spacial score (nSPS) is 18.6. The third-order valence-corrected chi connectivity index (χ3v) is 3.62. The summed E-state index contributed by atoms with van der Waals surface area (Å²) in [7, 11) is 0. The summed E-state index contributed by atoms with van der Waals surface area (Å²) in [4.78, 5) is 4.79. The van der Waals surface area contributed by atoms with Crippen LogP contribution in [0.3, 0.4) is 0 Å². The van der Waals surface area contributed by atoms with Crippen LogP contribution in [-0.2, 0) is 6.42 Å². The molecule has 1 atom stereocenters. The minimum atomic E-state index is 0.180. The number of pyridine rings is 1. The highest BCUT2D eigenvalue weighted by atomic mass is 16.3. The Morgan fingerprint density at radius 1 is 1.32 bits per heavy atom. The lowest BCUT2D eigenvalue weighted by molar-refractivity contribution is 0.379. The van der Waals surface area contributed by atoms with Crippen LogP contribution in [0.5, 0.6) is 0 Å². The Bertz CT molecular complexity index is 670. The fourth-order valence-corrected chi connectivity index (χ4v) is 2.62. The molecule has 0 spiro atoms. The molecule has 1 N–H and O–H groups in total. The van der Waals surface area contributed by atoms with Crippen molar-refractivity contribution >= 4 is 10.8 Å². The van der Waals surface area contributed by atoms with E-state index in [2.05, 4.69) is 43.3 Å². The molecule has 1 aliphatic rings. The number of aliphatic hydroxyl groups excluding tert-OH is 1. The van der Waals surface area contributed by atoms with Crippen LogP contribution < -0.4 is 0 Å². The standard InChI is InChI=1S/C17H17NO/c1-2-16-15-9-4-3-6-12(15)11-17(18-16)13-7-5-8-14(19)10-13/h3-9,11,13,19H,2,10H2,1H3. The molecule has 1 heterocycles. The second-order valence-corrected chi connectivity index (χ2v) is 4.92. The van der Waals surface area contributed by atoms with Crippen molar-refractivity contribution in [2.45, 2.75) is 25.7 Å². The van der Waals surface area contributed by atoms with Crippen LogP contribution in [0.1, 0.15) is 30.7 Å². The molecule has 1 aliphatic carbocycles. The van der Waals surface area contributed by atoms with Crippen molar-refractivity contribution in [1.29, 1.82) is 0 Å². The zero-order chi connectivity index (χ0) is 13.2. The highest BCUT2D eigenvalue weighted by Crippen LogP contribution is 2.29. The molecular formula is C17H17NO. The maximum Gasteiger partial charge on any atom is 0.0932 e. The first-order chi connectivity index (χ1) is 9.28. The van der Waals surface area contributed by atoms with E-state index in [9.17, 15) is 5.11 Å². The van der Waals surface area contributed by atoms with E-state index in [-0.39, 0.29) is 5.92 Å². The van der Waals surface area contributed by atoms with Crippen molar-refractivity contribution in [3.8, 4) is 0 Å². The third kappa shape index (κ3) is 2.26. The summed E-state index contributed by atoms with van der Waals surface area (Å²) in [6.07, 6.45) is 7.33. The van der Waals surface area contributed by atoms with Crippen LogP contribution in [0.4, 0.5) is 0 Å². The van der Waals surface area contributed by atoms with Gasteiger partial charge in [0.1, 0.15) is 0 Å². The highest BCUT2D eigenvalue weighted by molar-refractivity contribution is 5.85. The molecule has 1 unspecified atom stereocenters. The predicted octanol–water partition coefficient (Wildman–Crippen LogP) is 4.28. The van der Waals surface area contributed by atoms with Crippen molar-refractivity contribution in [2.24, 2.45) is 0 Å². The molecule has 0 amide bonds. The number of aryl methyl sites for hydroxylation is 1. The average Bonchev–Trinajstić information content (AvgIpc) is 2.46. The number of nitrogens with zero attached hydrogens (tertiary/aromatic N) is 1. The second kappa shape index (κ2) is 4.88. The third-order valence-electron chi connectivity index (χ3n) is 3.62. The predicted molar refractivity (Wildman–Crippen MR) is 78.3 cm³/mol. The molecule has 0 radical (unpaired) electrons. The van der Waals surface area contributed by atoms with Crippen LogP contribution in [0.25, 0.3) is 10.8 Å². The van der Waals surface area contributed by atoms with Gasteiger partial charge in [0.05, 0.1) is 5.76 Å². The van der Waals surface area contributed by atoms with E-state index in [1.54, 1.807) is 6.08 Å². The first kappa shape index (κ1) is 12.0. The largest absolute Gasteiger partial charge is 0.512 e. The van der Waals surface area contributed by atoms with Gasteiger partial charge in [-0.15, -0.1) is 0 Å². The molecule has 0 saturated heterocycles. The van der Waals surface area contributed by atoms with E-state index in [1.807, 2.05) is 6.08 Å². The quantitative estimate of drug-likeness (QED) is 0.864. The van der Waals surface area contributed by atoms with Crippen LogP contribution >= 0.6 is 0 Å². The van der Waals surface area contributed by atoms with Gasteiger partial charge in [-0.2, -0.15) is 0 Å². The minimum absolute atomic E-state index is 0.180. The van der Waals surface area contributed by atoms with Gasteiger partial charge in [-0.25, -0.2) is 0 Å². The Labute approximate surface area is 113 Å². The number of allylic oxidation sites excluding steroid dienone is 4. The van der Waals surface area contributed by atoms with Gasteiger partial charge in [0.25, 0.3) is 0 Å². The minimum Gasteiger partial charge on any atom is -0.512 e. The summed E-state index contributed by atoms with van der Waals surface area (Å²) in [5, 5.41) is 12.1. The maximum atomic E-state index is 9.66. The lowest BCUT2D eigenvalue weighted by Crippen LogP contribution is -2.05. The lowest BCUT2D eigenvalue weighted by Gasteiger charge is -2.17. The zero-order valence-corrected chi connectivity index (χ0v) is 11.0. The van der Waals surface area contributed by atoms with Crippen LogP contribution in [-0.4, -0.2) is 10.1 Å². The average molecular weight is 251 g/mol. The van der Waals surface area contributed by atoms with E-state index in [1.165, 1.54) is 10.8 Å². The zero-order valence-electron chi connectivity index (χ0n) is 11.0. The van der Waals surface area contributed by atoms with Gasteiger partial charge in [0.15, 0.2) is 0 Å². The molecular weight excluding hydrogens is 234 g/mol. The van der Waals surface area contributed by atoms with Crippen molar-refractivity contribution in [2.75, 3.05) is 0 Å². The second-order valence-electron chi connectivity index (χ2n) is 4.92. The van der Waals surface area contributed by atoms with Crippen LogP contribution in [0, 0.1) is 0 Å². The summed E-state index contributed by atoms with van der Waals surface area (Å²) in [5.41, 5.74) is 2.18. The van der Waals surface area contributed by atoms with Crippen LogP contribution in [0.2, 0.25) is 0 Å². The molecule has 1 aromatic carbocycles. The van der Waals surface area contributed by atoms with Gasteiger partial charge in [-0.1, -0.05) is 43.3 Å². The van der Waals surface area contributed by atoms with E-state index in [4.69, 9.17) is 4.98 Å². The molecule has 0 aliphatic heterocycles. The number of fused-ring (bicyclic) bond motifs is 1. The molecule has 96 valence electrons.